The zero-order valence-electron chi connectivity index (χ0n) is 12.3. The maximum atomic E-state index is 11.7. The summed E-state index contributed by atoms with van der Waals surface area (Å²) in [4.78, 5) is 11.7. The molecule has 1 unspecified atom stereocenters. The van der Waals surface area contributed by atoms with Crippen LogP contribution in [0.1, 0.15) is 37.7 Å². The Kier molecular flexibility index (Phi) is 4.15. The van der Waals surface area contributed by atoms with Crippen molar-refractivity contribution in [3.05, 3.63) is 35.9 Å². The summed E-state index contributed by atoms with van der Waals surface area (Å²) in [6.45, 7) is 1.01. The van der Waals surface area contributed by atoms with E-state index in [-0.39, 0.29) is 12.2 Å². The lowest BCUT2D eigenvalue weighted by atomic mass is 9.83. The molecule has 2 fully saturated rings. The van der Waals surface area contributed by atoms with E-state index in [4.69, 9.17) is 4.74 Å². The molecule has 0 bridgehead atoms. The number of rotatable bonds is 4. The number of carbonyl (C=O) groups is 1. The second kappa shape index (κ2) is 6.06. The third-order valence-corrected chi connectivity index (χ3v) is 5.02. The van der Waals surface area contributed by atoms with Crippen LogP contribution in [0.3, 0.4) is 0 Å². The average Bonchev–Trinajstić information content (AvgIpc) is 3.20. The average molecular weight is 289 g/mol. The first-order valence-electron chi connectivity index (χ1n) is 7.81. The lowest BCUT2D eigenvalue weighted by Gasteiger charge is -2.26. The highest BCUT2D eigenvalue weighted by molar-refractivity contribution is 5.67. The molecule has 1 amide bonds. The molecule has 0 aliphatic heterocycles. The van der Waals surface area contributed by atoms with Crippen LogP contribution >= 0.6 is 0 Å². The zero-order chi connectivity index (χ0) is 14.7. The topological polar surface area (TPSA) is 58.6 Å². The molecule has 2 aliphatic rings. The molecule has 1 aromatic rings. The Morgan fingerprint density at radius 2 is 2.00 bits per heavy atom. The Labute approximate surface area is 125 Å². The number of nitrogens with one attached hydrogen (secondary N) is 1. The molecule has 1 aromatic carbocycles. The number of hydrogen-bond donors (Lipinski definition) is 2. The van der Waals surface area contributed by atoms with Gasteiger partial charge in [-0.15, -0.1) is 0 Å². The number of benzene rings is 1. The number of alkyl carbamates (subject to hydrolysis) is 1. The predicted molar refractivity (Wildman–Crippen MR) is 79.6 cm³/mol. The van der Waals surface area contributed by atoms with Crippen LogP contribution in [0.2, 0.25) is 0 Å². The van der Waals surface area contributed by atoms with E-state index in [1.54, 1.807) is 0 Å². The third-order valence-electron chi connectivity index (χ3n) is 5.02. The largest absolute Gasteiger partial charge is 0.445 e. The number of hydrogen-bond acceptors (Lipinski definition) is 3. The number of aliphatic hydroxyl groups is 1. The van der Waals surface area contributed by atoms with Crippen LogP contribution < -0.4 is 5.32 Å². The smallest absolute Gasteiger partial charge is 0.407 e. The number of aliphatic hydroxyl groups excluding tert-OH is 1. The summed E-state index contributed by atoms with van der Waals surface area (Å²) < 4.78 is 5.21. The molecule has 0 aromatic heterocycles. The predicted octanol–water partition coefficient (Wildman–Crippen LogP) is 2.85. The van der Waals surface area contributed by atoms with Crippen molar-refractivity contribution in [1.29, 1.82) is 0 Å². The Balaban J connectivity index is 1.36. The molecular formula is C17H23NO3. The molecule has 0 radical (unpaired) electrons. The summed E-state index contributed by atoms with van der Waals surface area (Å²) in [5.74, 6) is 0.564. The molecule has 4 nitrogen and oxygen atoms in total. The maximum absolute atomic E-state index is 11.7. The van der Waals surface area contributed by atoms with E-state index in [1.807, 2.05) is 30.3 Å². The van der Waals surface area contributed by atoms with Gasteiger partial charge >= 0.3 is 6.09 Å². The van der Waals surface area contributed by atoms with Gasteiger partial charge in [-0.25, -0.2) is 4.79 Å². The van der Waals surface area contributed by atoms with Crippen molar-refractivity contribution in [2.75, 3.05) is 6.54 Å². The second-order valence-electron chi connectivity index (χ2n) is 6.44. The molecule has 3 rings (SSSR count). The third kappa shape index (κ3) is 3.56. The van der Waals surface area contributed by atoms with Crippen molar-refractivity contribution in [2.24, 2.45) is 11.3 Å². The summed E-state index contributed by atoms with van der Waals surface area (Å²) in [7, 11) is 0. The van der Waals surface area contributed by atoms with Crippen LogP contribution in [0.25, 0.3) is 0 Å². The van der Waals surface area contributed by atoms with E-state index in [1.165, 1.54) is 6.42 Å². The first-order chi connectivity index (χ1) is 10.2. The molecule has 0 saturated heterocycles. The van der Waals surface area contributed by atoms with Crippen molar-refractivity contribution >= 4 is 6.09 Å². The van der Waals surface area contributed by atoms with Gasteiger partial charge in [-0.2, -0.15) is 0 Å². The monoisotopic (exact) mass is 289 g/mol. The molecule has 2 aliphatic carbocycles. The minimum atomic E-state index is -0.336. The van der Waals surface area contributed by atoms with E-state index in [9.17, 15) is 9.90 Å². The molecule has 1 atom stereocenters. The highest BCUT2D eigenvalue weighted by atomic mass is 16.5. The Morgan fingerprint density at radius 1 is 1.29 bits per heavy atom. The van der Waals surface area contributed by atoms with E-state index in [2.05, 4.69) is 5.32 Å². The van der Waals surface area contributed by atoms with Gasteiger partial charge in [0.1, 0.15) is 6.61 Å². The van der Waals surface area contributed by atoms with Crippen molar-refractivity contribution in [3.8, 4) is 0 Å². The number of amides is 1. The first-order valence-corrected chi connectivity index (χ1v) is 7.81. The van der Waals surface area contributed by atoms with Crippen molar-refractivity contribution in [3.63, 3.8) is 0 Å². The van der Waals surface area contributed by atoms with Gasteiger partial charge < -0.3 is 15.2 Å². The highest BCUT2D eigenvalue weighted by Gasteiger charge is 2.54. The highest BCUT2D eigenvalue weighted by Crippen LogP contribution is 2.60. The number of carbonyl (C=O) groups excluding carboxylic acids is 1. The van der Waals surface area contributed by atoms with Gasteiger partial charge in [0.2, 0.25) is 0 Å². The minimum Gasteiger partial charge on any atom is -0.445 e. The fraction of sp³-hybridized carbons (Fsp3) is 0.588. The Hall–Kier alpha value is -1.55. The van der Waals surface area contributed by atoms with Crippen LogP contribution in [0.4, 0.5) is 4.79 Å². The normalized spacial score (nSPS) is 30.9. The van der Waals surface area contributed by atoms with Crippen molar-refractivity contribution in [1.82, 2.24) is 5.32 Å². The van der Waals surface area contributed by atoms with Crippen molar-refractivity contribution < 1.29 is 14.6 Å². The molecule has 2 saturated carbocycles. The summed E-state index contributed by atoms with van der Waals surface area (Å²) in [5, 5.41) is 12.4. The van der Waals surface area contributed by atoms with Gasteiger partial charge in [-0.05, 0) is 49.0 Å². The zero-order valence-corrected chi connectivity index (χ0v) is 12.3. The van der Waals surface area contributed by atoms with Crippen LogP contribution in [-0.4, -0.2) is 23.8 Å². The van der Waals surface area contributed by atoms with E-state index >= 15 is 0 Å². The van der Waals surface area contributed by atoms with Crippen LogP contribution in [0.15, 0.2) is 30.3 Å². The molecule has 21 heavy (non-hydrogen) atoms. The first kappa shape index (κ1) is 14.4. The standard InChI is InChI=1S/C17H23NO3/c19-15-6-8-17(9-7-15)10-14(17)11-18-16(20)21-12-13-4-2-1-3-5-13/h1-5,14-15,19H,6-12H2,(H,18,20). The van der Waals surface area contributed by atoms with E-state index in [0.717, 1.165) is 31.2 Å². The molecule has 1 spiro atoms. The van der Waals surface area contributed by atoms with Crippen LogP contribution in [0, 0.1) is 11.3 Å². The van der Waals surface area contributed by atoms with Crippen LogP contribution in [0.5, 0.6) is 0 Å². The fourth-order valence-corrected chi connectivity index (χ4v) is 3.49. The van der Waals surface area contributed by atoms with Crippen LogP contribution in [-0.2, 0) is 11.3 Å². The van der Waals surface area contributed by atoms with Gasteiger partial charge in [0.25, 0.3) is 0 Å². The maximum Gasteiger partial charge on any atom is 0.407 e. The molecule has 4 heteroatoms. The van der Waals surface area contributed by atoms with Gasteiger partial charge in [-0.3, -0.25) is 0 Å². The number of ether oxygens (including phenoxy) is 1. The molecule has 0 heterocycles. The summed E-state index contributed by atoms with van der Waals surface area (Å²) >= 11 is 0. The van der Waals surface area contributed by atoms with E-state index < -0.39 is 0 Å². The second-order valence-corrected chi connectivity index (χ2v) is 6.44. The molecular weight excluding hydrogens is 266 g/mol. The lowest BCUT2D eigenvalue weighted by Crippen LogP contribution is -2.29. The molecule has 114 valence electrons. The molecule has 2 N–H and O–H groups in total. The Morgan fingerprint density at radius 3 is 2.71 bits per heavy atom. The summed E-state index contributed by atoms with van der Waals surface area (Å²) in [6.07, 6.45) is 4.75. The van der Waals surface area contributed by atoms with Gasteiger partial charge in [0.15, 0.2) is 0 Å². The SMILES string of the molecule is O=C(NCC1CC12CCC(O)CC2)OCc1ccccc1. The Bertz CT molecular complexity index is 480. The van der Waals surface area contributed by atoms with Crippen molar-refractivity contribution in [2.45, 2.75) is 44.8 Å². The van der Waals surface area contributed by atoms with Gasteiger partial charge in [0.05, 0.1) is 6.10 Å². The summed E-state index contributed by atoms with van der Waals surface area (Å²) in [5.41, 5.74) is 1.39. The lowest BCUT2D eigenvalue weighted by molar-refractivity contribution is 0.0962. The van der Waals surface area contributed by atoms with E-state index in [0.29, 0.717) is 24.5 Å². The van der Waals surface area contributed by atoms with Gasteiger partial charge in [0, 0.05) is 6.54 Å². The van der Waals surface area contributed by atoms with Gasteiger partial charge in [-0.1, -0.05) is 30.3 Å². The fourth-order valence-electron chi connectivity index (χ4n) is 3.49. The quantitative estimate of drug-likeness (QED) is 0.896. The summed E-state index contributed by atoms with van der Waals surface area (Å²) in [6, 6.07) is 9.69. The minimum absolute atomic E-state index is 0.110.